The van der Waals surface area contributed by atoms with Crippen LogP contribution >= 0.6 is 11.8 Å². The summed E-state index contributed by atoms with van der Waals surface area (Å²) in [4.78, 5) is 23.5. The molecule has 0 bridgehead atoms. The second kappa shape index (κ2) is 5.41. The van der Waals surface area contributed by atoms with E-state index in [1.165, 1.54) is 11.8 Å². The zero-order valence-corrected chi connectivity index (χ0v) is 10.7. The molecule has 1 aliphatic heterocycles. The Morgan fingerprint density at radius 3 is 3.06 bits per heavy atom. The minimum Gasteiger partial charge on any atom is -0.387 e. The molecule has 6 heteroatoms. The van der Waals surface area contributed by atoms with E-state index in [0.29, 0.717) is 6.54 Å². The van der Waals surface area contributed by atoms with Gasteiger partial charge in [-0.3, -0.25) is 9.59 Å². The first-order chi connectivity index (χ1) is 8.60. The van der Waals surface area contributed by atoms with E-state index in [-0.39, 0.29) is 11.2 Å². The summed E-state index contributed by atoms with van der Waals surface area (Å²) in [7, 11) is 0. The van der Waals surface area contributed by atoms with E-state index >= 15 is 0 Å². The van der Waals surface area contributed by atoms with Crippen LogP contribution in [0.5, 0.6) is 0 Å². The second-order valence-corrected chi connectivity index (χ2v) is 5.40. The number of nitrogens with one attached hydrogen (secondary N) is 2. The predicted molar refractivity (Wildman–Crippen MR) is 69.3 cm³/mol. The Hall–Kier alpha value is -1.53. The number of anilines is 1. The third kappa shape index (κ3) is 2.83. The van der Waals surface area contributed by atoms with Crippen LogP contribution in [-0.2, 0) is 16.1 Å². The van der Waals surface area contributed by atoms with Gasteiger partial charge in [-0.1, -0.05) is 6.07 Å². The number of thioether (sulfide) groups is 1. The molecule has 3 N–H and O–H groups in total. The molecule has 0 spiro atoms. The third-order valence-corrected chi connectivity index (χ3v) is 3.79. The molecule has 18 heavy (non-hydrogen) atoms. The number of benzene rings is 1. The molecule has 96 valence electrons. The van der Waals surface area contributed by atoms with E-state index in [0.717, 1.165) is 16.1 Å². The van der Waals surface area contributed by atoms with Crippen molar-refractivity contribution in [3.63, 3.8) is 0 Å². The number of amides is 2. The molecular weight excluding hydrogens is 252 g/mol. The fourth-order valence-electron chi connectivity index (χ4n) is 1.62. The molecule has 2 rings (SSSR count). The molecule has 2 amide bonds. The highest BCUT2D eigenvalue weighted by molar-refractivity contribution is 8.00. The smallest absolute Gasteiger partial charge is 0.245 e. The Morgan fingerprint density at radius 2 is 2.33 bits per heavy atom. The first kappa shape index (κ1) is 12.9. The molecule has 0 aromatic heterocycles. The van der Waals surface area contributed by atoms with Crippen molar-refractivity contribution >= 4 is 29.3 Å². The van der Waals surface area contributed by atoms with E-state index in [4.69, 9.17) is 5.11 Å². The molecule has 1 unspecified atom stereocenters. The summed E-state index contributed by atoms with van der Waals surface area (Å²) in [5, 5.41) is 13.9. The van der Waals surface area contributed by atoms with Gasteiger partial charge in [0.05, 0.1) is 10.9 Å². The molecule has 0 saturated carbocycles. The monoisotopic (exact) mass is 266 g/mol. The summed E-state index contributed by atoms with van der Waals surface area (Å²) in [6.45, 7) is 1.68. The summed E-state index contributed by atoms with van der Waals surface area (Å²) < 4.78 is 0. The molecule has 1 aromatic carbocycles. The summed E-state index contributed by atoms with van der Waals surface area (Å²) in [6.07, 6.45) is 0. The van der Waals surface area contributed by atoms with Crippen LogP contribution in [0.15, 0.2) is 23.1 Å². The summed E-state index contributed by atoms with van der Waals surface area (Å²) in [5.41, 5.74) is 1.66. The zero-order valence-electron chi connectivity index (χ0n) is 9.90. The van der Waals surface area contributed by atoms with Crippen molar-refractivity contribution in [3.8, 4) is 0 Å². The Kier molecular flexibility index (Phi) is 3.88. The molecule has 0 radical (unpaired) electrons. The van der Waals surface area contributed by atoms with Crippen molar-refractivity contribution in [1.82, 2.24) is 5.32 Å². The van der Waals surface area contributed by atoms with Crippen molar-refractivity contribution in [1.29, 1.82) is 0 Å². The number of carbonyl (C=O) groups is 2. The highest BCUT2D eigenvalue weighted by Crippen LogP contribution is 2.35. The highest BCUT2D eigenvalue weighted by atomic mass is 32.2. The van der Waals surface area contributed by atoms with E-state index in [1.54, 1.807) is 0 Å². The lowest BCUT2D eigenvalue weighted by Gasteiger charge is -2.21. The standard InChI is InChI=1S/C12H14N2O3S/c1-7-12(17)14-9-4-8(2-3-10(9)18-7)5-13-11(16)6-15/h2-4,7,15H,5-6H2,1H3,(H,13,16)(H,14,17). The fraction of sp³-hybridized carbons (Fsp3) is 0.333. The fourth-order valence-corrected chi connectivity index (χ4v) is 2.55. The molecule has 5 nitrogen and oxygen atoms in total. The number of fused-ring (bicyclic) bond motifs is 1. The normalized spacial score (nSPS) is 17.9. The van der Waals surface area contributed by atoms with Crippen molar-refractivity contribution in [2.75, 3.05) is 11.9 Å². The van der Waals surface area contributed by atoms with Crippen LogP contribution in [-0.4, -0.2) is 28.8 Å². The molecule has 1 atom stereocenters. The molecular formula is C12H14N2O3S. The van der Waals surface area contributed by atoms with Gasteiger partial charge in [0.2, 0.25) is 11.8 Å². The van der Waals surface area contributed by atoms with Gasteiger partial charge in [0.15, 0.2) is 0 Å². The van der Waals surface area contributed by atoms with Crippen molar-refractivity contribution < 1.29 is 14.7 Å². The minimum absolute atomic E-state index is 0.0101. The Balaban J connectivity index is 2.10. The molecule has 0 saturated heterocycles. The van der Waals surface area contributed by atoms with Crippen LogP contribution in [0, 0.1) is 0 Å². The van der Waals surface area contributed by atoms with Gasteiger partial charge in [0.25, 0.3) is 0 Å². The lowest BCUT2D eigenvalue weighted by atomic mass is 10.2. The average molecular weight is 266 g/mol. The van der Waals surface area contributed by atoms with Gasteiger partial charge in [-0.05, 0) is 24.6 Å². The molecule has 0 aliphatic carbocycles. The van der Waals surface area contributed by atoms with E-state index in [2.05, 4.69) is 10.6 Å². The number of aliphatic hydroxyl groups excluding tert-OH is 1. The van der Waals surface area contributed by atoms with Crippen LogP contribution in [0.3, 0.4) is 0 Å². The van der Waals surface area contributed by atoms with Crippen LogP contribution < -0.4 is 10.6 Å². The molecule has 1 aromatic rings. The second-order valence-electron chi connectivity index (χ2n) is 4.01. The predicted octanol–water partition coefficient (Wildman–Crippen LogP) is 0.728. The van der Waals surface area contributed by atoms with E-state index in [1.807, 2.05) is 25.1 Å². The zero-order chi connectivity index (χ0) is 13.1. The maximum absolute atomic E-state index is 11.5. The molecule has 1 aliphatic rings. The first-order valence-electron chi connectivity index (χ1n) is 5.58. The average Bonchev–Trinajstić information content (AvgIpc) is 2.37. The van der Waals surface area contributed by atoms with Crippen LogP contribution in [0.1, 0.15) is 12.5 Å². The number of aliphatic hydroxyl groups is 1. The van der Waals surface area contributed by atoms with Gasteiger partial charge >= 0.3 is 0 Å². The maximum Gasteiger partial charge on any atom is 0.245 e. The van der Waals surface area contributed by atoms with Gasteiger partial charge in [-0.25, -0.2) is 0 Å². The number of hydrogen-bond donors (Lipinski definition) is 3. The number of hydrogen-bond acceptors (Lipinski definition) is 4. The van der Waals surface area contributed by atoms with Crippen molar-refractivity contribution in [2.24, 2.45) is 0 Å². The van der Waals surface area contributed by atoms with Gasteiger partial charge < -0.3 is 15.7 Å². The van der Waals surface area contributed by atoms with Gasteiger partial charge in [0, 0.05) is 11.4 Å². The lowest BCUT2D eigenvalue weighted by Crippen LogP contribution is -2.27. The van der Waals surface area contributed by atoms with Crippen LogP contribution in [0.2, 0.25) is 0 Å². The first-order valence-corrected chi connectivity index (χ1v) is 6.46. The SMILES string of the molecule is CC1Sc2ccc(CNC(=O)CO)cc2NC1=O. The summed E-state index contributed by atoms with van der Waals surface area (Å²) in [5.74, 6) is -0.427. The molecule has 0 fully saturated rings. The van der Waals surface area contributed by atoms with Gasteiger partial charge in [-0.15, -0.1) is 11.8 Å². The quantitative estimate of drug-likeness (QED) is 0.753. The van der Waals surface area contributed by atoms with Gasteiger partial charge in [-0.2, -0.15) is 0 Å². The Labute approximate surface area is 109 Å². The highest BCUT2D eigenvalue weighted by Gasteiger charge is 2.22. The van der Waals surface area contributed by atoms with E-state index < -0.39 is 12.5 Å². The summed E-state index contributed by atoms with van der Waals surface area (Å²) in [6, 6.07) is 5.66. The number of carbonyl (C=O) groups excluding carboxylic acids is 2. The largest absolute Gasteiger partial charge is 0.387 e. The Bertz CT molecular complexity index is 490. The molecule has 1 heterocycles. The van der Waals surface area contributed by atoms with Crippen LogP contribution in [0.25, 0.3) is 0 Å². The van der Waals surface area contributed by atoms with Crippen LogP contribution in [0.4, 0.5) is 5.69 Å². The van der Waals surface area contributed by atoms with Crippen molar-refractivity contribution in [2.45, 2.75) is 23.6 Å². The van der Waals surface area contributed by atoms with E-state index in [9.17, 15) is 9.59 Å². The summed E-state index contributed by atoms with van der Waals surface area (Å²) >= 11 is 1.52. The maximum atomic E-state index is 11.5. The lowest BCUT2D eigenvalue weighted by molar-refractivity contribution is -0.124. The third-order valence-electron chi connectivity index (χ3n) is 2.61. The van der Waals surface area contributed by atoms with Crippen molar-refractivity contribution in [3.05, 3.63) is 23.8 Å². The Morgan fingerprint density at radius 1 is 1.56 bits per heavy atom. The number of rotatable bonds is 3. The van der Waals surface area contributed by atoms with Gasteiger partial charge in [0.1, 0.15) is 6.61 Å². The minimum atomic E-state index is -0.519. The topological polar surface area (TPSA) is 78.4 Å².